The summed E-state index contributed by atoms with van der Waals surface area (Å²) >= 11 is 0. The molecule has 3 heterocycles. The van der Waals surface area contributed by atoms with Crippen molar-refractivity contribution in [3.8, 4) is 11.4 Å². The zero-order valence-electron chi connectivity index (χ0n) is 18.7. The highest BCUT2D eigenvalue weighted by Crippen LogP contribution is 2.22. The van der Waals surface area contributed by atoms with Crippen molar-refractivity contribution in [3.05, 3.63) is 65.4 Å². The third-order valence-corrected chi connectivity index (χ3v) is 5.98. The van der Waals surface area contributed by atoms with Crippen molar-refractivity contribution in [2.24, 2.45) is 0 Å². The van der Waals surface area contributed by atoms with Crippen molar-refractivity contribution in [1.29, 1.82) is 0 Å². The Kier molecular flexibility index (Phi) is 6.30. The van der Waals surface area contributed by atoms with Crippen LogP contribution in [0.25, 0.3) is 5.69 Å². The molecule has 0 unspecified atom stereocenters. The lowest BCUT2D eigenvalue weighted by atomic mass is 10.1. The van der Waals surface area contributed by atoms with Gasteiger partial charge in [0.05, 0.1) is 24.8 Å². The number of aryl methyl sites for hydroxylation is 1. The first-order chi connectivity index (χ1) is 15.5. The van der Waals surface area contributed by atoms with E-state index in [0.29, 0.717) is 44.8 Å². The van der Waals surface area contributed by atoms with Gasteiger partial charge in [-0.1, -0.05) is 6.07 Å². The van der Waals surface area contributed by atoms with E-state index in [1.54, 1.807) is 24.1 Å². The molecule has 0 radical (unpaired) electrons. The monoisotopic (exact) mass is 436 g/mol. The van der Waals surface area contributed by atoms with Crippen LogP contribution in [-0.2, 0) is 11.2 Å². The molecule has 0 atom stereocenters. The zero-order chi connectivity index (χ0) is 22.7. The maximum atomic E-state index is 12.8. The highest BCUT2D eigenvalue weighted by molar-refractivity contribution is 5.91. The van der Waals surface area contributed by atoms with Gasteiger partial charge in [-0.25, -0.2) is 4.68 Å². The summed E-state index contributed by atoms with van der Waals surface area (Å²) in [5.41, 5.74) is 3.97. The Morgan fingerprint density at radius 2 is 1.81 bits per heavy atom. The van der Waals surface area contributed by atoms with Crippen LogP contribution >= 0.6 is 0 Å². The van der Waals surface area contributed by atoms with Crippen LogP contribution in [0.4, 0.5) is 0 Å². The van der Waals surface area contributed by atoms with Gasteiger partial charge in [0.2, 0.25) is 5.91 Å². The maximum absolute atomic E-state index is 12.8. The largest absolute Gasteiger partial charge is 0.497 e. The standard InChI is InChI=1S/C24H28N4O4/c1-17-21(18(2)28(25-17)19-6-4-7-20(16-19)31-3)9-10-23(29)26-11-13-27(14-12-26)24(30)22-8-5-15-32-22/h4-8,15-16H,9-14H2,1-3H3. The molecule has 1 aromatic carbocycles. The number of methoxy groups -OCH3 is 1. The molecule has 1 aliphatic heterocycles. The van der Waals surface area contributed by atoms with Crippen LogP contribution in [0, 0.1) is 13.8 Å². The molecule has 1 saturated heterocycles. The van der Waals surface area contributed by atoms with E-state index in [0.717, 1.165) is 28.4 Å². The average molecular weight is 437 g/mol. The van der Waals surface area contributed by atoms with E-state index in [1.165, 1.54) is 6.26 Å². The van der Waals surface area contributed by atoms with E-state index >= 15 is 0 Å². The minimum atomic E-state index is -0.127. The number of carbonyl (C=O) groups is 2. The number of amides is 2. The van der Waals surface area contributed by atoms with Gasteiger partial charge < -0.3 is 19.0 Å². The van der Waals surface area contributed by atoms with Gasteiger partial charge in [0.1, 0.15) is 5.75 Å². The van der Waals surface area contributed by atoms with E-state index in [9.17, 15) is 9.59 Å². The predicted octanol–water partition coefficient (Wildman–Crippen LogP) is 3.01. The number of aromatic nitrogens is 2. The van der Waals surface area contributed by atoms with Gasteiger partial charge in [0.15, 0.2) is 5.76 Å². The first kappa shape index (κ1) is 21.7. The molecule has 32 heavy (non-hydrogen) atoms. The summed E-state index contributed by atoms with van der Waals surface area (Å²) in [6.07, 6.45) is 2.54. The second-order valence-corrected chi connectivity index (χ2v) is 7.91. The minimum absolute atomic E-state index is 0.100. The molecule has 3 aromatic rings. The molecule has 1 fully saturated rings. The van der Waals surface area contributed by atoms with E-state index in [1.807, 2.05) is 47.7 Å². The number of ether oxygens (including phenoxy) is 1. The fourth-order valence-corrected chi connectivity index (χ4v) is 4.14. The van der Waals surface area contributed by atoms with Gasteiger partial charge in [0.25, 0.3) is 5.91 Å². The number of carbonyl (C=O) groups excluding carboxylic acids is 2. The molecule has 1 aliphatic rings. The Balaban J connectivity index is 1.35. The topological polar surface area (TPSA) is 80.8 Å². The summed E-state index contributed by atoms with van der Waals surface area (Å²) in [6, 6.07) is 11.1. The summed E-state index contributed by atoms with van der Waals surface area (Å²) in [6.45, 7) is 6.09. The lowest BCUT2D eigenvalue weighted by Crippen LogP contribution is -2.50. The second kappa shape index (κ2) is 9.30. The summed E-state index contributed by atoms with van der Waals surface area (Å²) in [7, 11) is 1.64. The van der Waals surface area contributed by atoms with Crippen LogP contribution in [-0.4, -0.2) is 64.7 Å². The average Bonchev–Trinajstić information content (AvgIpc) is 3.46. The van der Waals surface area contributed by atoms with Gasteiger partial charge in [-0.3, -0.25) is 9.59 Å². The molecule has 0 aliphatic carbocycles. The lowest BCUT2D eigenvalue weighted by Gasteiger charge is -2.34. The molecule has 0 bridgehead atoms. The Hall–Kier alpha value is -3.55. The molecule has 2 amide bonds. The first-order valence-corrected chi connectivity index (χ1v) is 10.8. The van der Waals surface area contributed by atoms with Gasteiger partial charge >= 0.3 is 0 Å². The van der Waals surface area contributed by atoms with Gasteiger partial charge in [-0.2, -0.15) is 5.10 Å². The summed E-state index contributed by atoms with van der Waals surface area (Å²) < 4.78 is 12.4. The van der Waals surface area contributed by atoms with Crippen molar-refractivity contribution in [1.82, 2.24) is 19.6 Å². The number of hydrogen-bond acceptors (Lipinski definition) is 5. The molecular formula is C24H28N4O4. The highest BCUT2D eigenvalue weighted by atomic mass is 16.5. The molecule has 0 spiro atoms. The summed E-state index contributed by atoms with van der Waals surface area (Å²) in [4.78, 5) is 28.8. The Morgan fingerprint density at radius 1 is 1.06 bits per heavy atom. The number of piperazine rings is 1. The number of benzene rings is 1. The lowest BCUT2D eigenvalue weighted by molar-refractivity contribution is -0.132. The fraction of sp³-hybridized carbons (Fsp3) is 0.375. The van der Waals surface area contributed by atoms with Crippen LogP contribution in [0.2, 0.25) is 0 Å². The van der Waals surface area contributed by atoms with Crippen LogP contribution < -0.4 is 4.74 Å². The van der Waals surface area contributed by atoms with Crippen molar-refractivity contribution in [2.45, 2.75) is 26.7 Å². The normalized spacial score (nSPS) is 14.0. The van der Waals surface area contributed by atoms with Crippen molar-refractivity contribution >= 4 is 11.8 Å². The number of furan rings is 1. The Labute approximate surface area is 187 Å². The summed E-state index contributed by atoms with van der Waals surface area (Å²) in [5.74, 6) is 1.08. The summed E-state index contributed by atoms with van der Waals surface area (Å²) in [5, 5.41) is 4.68. The van der Waals surface area contributed by atoms with E-state index in [2.05, 4.69) is 5.10 Å². The van der Waals surface area contributed by atoms with Crippen molar-refractivity contribution < 1.29 is 18.7 Å². The molecule has 0 saturated carbocycles. The Bertz CT molecular complexity index is 1100. The third-order valence-electron chi connectivity index (χ3n) is 5.98. The molecule has 8 heteroatoms. The van der Waals surface area contributed by atoms with E-state index in [-0.39, 0.29) is 11.8 Å². The second-order valence-electron chi connectivity index (χ2n) is 7.91. The van der Waals surface area contributed by atoms with Gasteiger partial charge in [0, 0.05) is 44.4 Å². The third kappa shape index (κ3) is 4.39. The fourth-order valence-electron chi connectivity index (χ4n) is 4.14. The number of rotatable bonds is 6. The highest BCUT2D eigenvalue weighted by Gasteiger charge is 2.26. The molecule has 4 rings (SSSR count). The van der Waals surface area contributed by atoms with Crippen molar-refractivity contribution in [3.63, 3.8) is 0 Å². The molecule has 0 N–H and O–H groups in total. The Morgan fingerprint density at radius 3 is 2.50 bits per heavy atom. The van der Waals surface area contributed by atoms with Gasteiger partial charge in [-0.15, -0.1) is 0 Å². The SMILES string of the molecule is COc1cccc(-n2nc(C)c(CCC(=O)N3CCN(C(=O)c4ccco4)CC3)c2C)c1. The predicted molar refractivity (Wildman–Crippen MR) is 119 cm³/mol. The zero-order valence-corrected chi connectivity index (χ0v) is 18.7. The smallest absolute Gasteiger partial charge is 0.289 e. The number of nitrogens with zero attached hydrogens (tertiary/aromatic N) is 4. The number of hydrogen-bond donors (Lipinski definition) is 0. The quantitative estimate of drug-likeness (QED) is 0.593. The minimum Gasteiger partial charge on any atom is -0.497 e. The van der Waals surface area contributed by atoms with Crippen LogP contribution in [0.15, 0.2) is 47.1 Å². The molecule has 2 aromatic heterocycles. The molecule has 168 valence electrons. The maximum Gasteiger partial charge on any atom is 0.289 e. The molecular weight excluding hydrogens is 408 g/mol. The van der Waals surface area contributed by atoms with Crippen LogP contribution in [0.3, 0.4) is 0 Å². The van der Waals surface area contributed by atoms with Crippen LogP contribution in [0.1, 0.15) is 33.9 Å². The van der Waals surface area contributed by atoms with Gasteiger partial charge in [-0.05, 0) is 50.1 Å². The molecule has 8 nitrogen and oxygen atoms in total. The van der Waals surface area contributed by atoms with E-state index < -0.39 is 0 Å². The van der Waals surface area contributed by atoms with Crippen LogP contribution in [0.5, 0.6) is 5.75 Å². The van der Waals surface area contributed by atoms with Crippen molar-refractivity contribution in [2.75, 3.05) is 33.3 Å². The first-order valence-electron chi connectivity index (χ1n) is 10.8. The van der Waals surface area contributed by atoms with E-state index in [4.69, 9.17) is 9.15 Å².